The monoisotopic (exact) mass is 710 g/mol. The van der Waals surface area contributed by atoms with Crippen LogP contribution in [-0.4, -0.2) is 24.1 Å². The van der Waals surface area contributed by atoms with Crippen LogP contribution in [0.4, 0.5) is 0 Å². The number of hydrogen-bond acceptors (Lipinski definition) is 4. The molecule has 0 aliphatic rings. The van der Waals surface area contributed by atoms with Gasteiger partial charge in [0.15, 0.2) is 0 Å². The van der Waals surface area contributed by atoms with Gasteiger partial charge in [-0.25, -0.2) is 0 Å². The van der Waals surface area contributed by atoms with E-state index in [-0.39, 0.29) is 20.1 Å². The molecular formula is C34H25IrN6. The van der Waals surface area contributed by atoms with Crippen molar-refractivity contribution in [1.29, 1.82) is 5.26 Å². The van der Waals surface area contributed by atoms with E-state index >= 15 is 0 Å². The van der Waals surface area contributed by atoms with Crippen molar-refractivity contribution in [3.8, 4) is 34.0 Å². The third kappa shape index (κ3) is 6.15. The number of nitrogens with zero attached hydrogens (tertiary/aromatic N) is 6. The fourth-order valence-corrected chi connectivity index (χ4v) is 4.58. The van der Waals surface area contributed by atoms with Gasteiger partial charge in [0.1, 0.15) is 0 Å². The van der Waals surface area contributed by atoms with Crippen molar-refractivity contribution in [2.45, 2.75) is 0 Å². The molecule has 7 rings (SSSR count). The maximum Gasteiger partial charge on any atom is 3.00 e. The summed E-state index contributed by atoms with van der Waals surface area (Å²) in [5.41, 5.74) is 8.16. The fraction of sp³-hybridized carbons (Fsp3) is 0.0588. The van der Waals surface area contributed by atoms with Crippen LogP contribution in [-0.2, 0) is 34.2 Å². The van der Waals surface area contributed by atoms with Gasteiger partial charge in [-0.1, -0.05) is 47.5 Å². The number of benzene rings is 4. The molecule has 6 nitrogen and oxygen atoms in total. The van der Waals surface area contributed by atoms with E-state index in [2.05, 4.69) is 38.4 Å². The molecule has 41 heavy (non-hydrogen) atoms. The SMILES string of the molecule is Cn1c(-c2[c-]c(-c3nc4ccccc4n3C)ccc2)nc2ccccc21.[C-]#N.[Ir+3].[c-]1ccccc1-c1ccccn1. The molecule has 0 spiro atoms. The zero-order valence-corrected chi connectivity index (χ0v) is 24.9. The number of para-hydroxylation sites is 4. The smallest absolute Gasteiger partial charge is 0.512 e. The maximum atomic E-state index is 6.25. The minimum absolute atomic E-state index is 0. The van der Waals surface area contributed by atoms with Crippen LogP contribution in [0.25, 0.3) is 56.1 Å². The van der Waals surface area contributed by atoms with E-state index in [9.17, 15) is 0 Å². The maximum absolute atomic E-state index is 6.25. The van der Waals surface area contributed by atoms with E-state index in [1.165, 1.54) is 0 Å². The summed E-state index contributed by atoms with van der Waals surface area (Å²) in [4.78, 5) is 13.8. The van der Waals surface area contributed by atoms with E-state index in [4.69, 9.17) is 21.8 Å². The number of imidazole rings is 2. The molecule has 0 bridgehead atoms. The van der Waals surface area contributed by atoms with Crippen LogP contribution >= 0.6 is 0 Å². The molecule has 0 unspecified atom stereocenters. The van der Waals surface area contributed by atoms with Gasteiger partial charge in [-0.2, -0.15) is 0 Å². The normalized spacial score (nSPS) is 10.1. The van der Waals surface area contributed by atoms with E-state index in [0.29, 0.717) is 0 Å². The van der Waals surface area contributed by atoms with E-state index in [0.717, 1.165) is 56.1 Å². The molecule has 7 heteroatoms. The van der Waals surface area contributed by atoms with Gasteiger partial charge in [-0.05, 0) is 36.0 Å². The summed E-state index contributed by atoms with van der Waals surface area (Å²) in [6.45, 7) is 4.75. The Kier molecular flexibility index (Phi) is 9.55. The average molecular weight is 710 g/mol. The molecule has 0 saturated carbocycles. The number of pyridine rings is 1. The molecule has 0 amide bonds. The van der Waals surface area contributed by atoms with Crippen LogP contribution in [0.5, 0.6) is 0 Å². The Morgan fingerprint density at radius 1 is 0.610 bits per heavy atom. The Hall–Kier alpha value is -4.89. The number of hydrogen-bond donors (Lipinski definition) is 0. The molecule has 4 aromatic carbocycles. The molecule has 3 aromatic heterocycles. The summed E-state index contributed by atoms with van der Waals surface area (Å²) < 4.78 is 4.22. The third-order valence-electron chi connectivity index (χ3n) is 6.50. The second-order valence-electron chi connectivity index (χ2n) is 8.94. The summed E-state index contributed by atoms with van der Waals surface area (Å²) in [5, 5.41) is 6.25. The van der Waals surface area contributed by atoms with Crippen molar-refractivity contribution in [3.63, 3.8) is 0 Å². The topological polar surface area (TPSA) is 72.3 Å². The molecular weight excluding hydrogens is 685 g/mol. The Morgan fingerprint density at radius 2 is 1.12 bits per heavy atom. The first-order valence-corrected chi connectivity index (χ1v) is 12.7. The number of fused-ring (bicyclic) bond motifs is 2. The summed E-state index contributed by atoms with van der Waals surface area (Å²) in [6, 6.07) is 42.8. The molecule has 0 fully saturated rings. The Morgan fingerprint density at radius 3 is 1.61 bits per heavy atom. The zero-order valence-electron chi connectivity index (χ0n) is 22.5. The molecule has 0 aliphatic carbocycles. The molecule has 3 heterocycles. The van der Waals surface area contributed by atoms with Crippen molar-refractivity contribution in [2.24, 2.45) is 14.1 Å². The predicted octanol–water partition coefficient (Wildman–Crippen LogP) is 7.24. The number of aromatic nitrogens is 5. The van der Waals surface area contributed by atoms with E-state index in [1.54, 1.807) is 6.20 Å². The molecule has 0 aliphatic heterocycles. The predicted molar refractivity (Wildman–Crippen MR) is 158 cm³/mol. The first-order chi connectivity index (χ1) is 19.7. The van der Waals surface area contributed by atoms with Crippen molar-refractivity contribution < 1.29 is 20.1 Å². The minimum atomic E-state index is 0. The molecule has 7 aromatic rings. The van der Waals surface area contributed by atoms with Gasteiger partial charge in [0.05, 0.1) is 33.7 Å². The number of aryl methyl sites for hydroxylation is 2. The molecule has 200 valence electrons. The minimum Gasteiger partial charge on any atom is -0.512 e. The Bertz CT molecular complexity index is 1760. The largest absolute Gasteiger partial charge is 3.00 e. The van der Waals surface area contributed by atoms with Gasteiger partial charge in [0.25, 0.3) is 0 Å². The third-order valence-corrected chi connectivity index (χ3v) is 6.50. The van der Waals surface area contributed by atoms with Gasteiger partial charge >= 0.3 is 20.1 Å². The van der Waals surface area contributed by atoms with Crippen LogP contribution in [0.2, 0.25) is 0 Å². The van der Waals surface area contributed by atoms with Crippen LogP contribution < -0.4 is 0 Å². The first-order valence-electron chi connectivity index (χ1n) is 12.7. The van der Waals surface area contributed by atoms with Crippen molar-refractivity contribution in [1.82, 2.24) is 24.1 Å². The van der Waals surface area contributed by atoms with Gasteiger partial charge in [0, 0.05) is 20.3 Å². The van der Waals surface area contributed by atoms with Crippen LogP contribution in [0.3, 0.4) is 0 Å². The number of rotatable bonds is 3. The van der Waals surface area contributed by atoms with Crippen molar-refractivity contribution >= 4 is 22.1 Å². The first kappa shape index (κ1) is 29.1. The fourth-order valence-electron chi connectivity index (χ4n) is 4.58. The van der Waals surface area contributed by atoms with Gasteiger partial charge in [-0.15, -0.1) is 60.2 Å². The van der Waals surface area contributed by atoms with Crippen molar-refractivity contribution in [3.05, 3.63) is 134 Å². The molecule has 0 saturated heterocycles. The standard InChI is InChI=1S/C22H17N4.C11H8N.CN.Ir/c1-25-19-12-5-3-10-17(19)23-21(25)15-8-7-9-16(14-15)22-24-18-11-4-6-13-20(18)26(22)2;1-2-6-10(7-3-1)11-8-4-5-9-12-11;1-2;/h3-13H,1-2H3;1-6,8-9H;;/q3*-1;+3. The molecule has 0 radical (unpaired) electrons. The second kappa shape index (κ2) is 13.4. The zero-order chi connectivity index (χ0) is 27.9. The van der Waals surface area contributed by atoms with E-state index in [1.807, 2.05) is 111 Å². The van der Waals surface area contributed by atoms with Gasteiger partial charge in [0.2, 0.25) is 0 Å². The summed E-state index contributed by atoms with van der Waals surface area (Å²) >= 11 is 0. The molecule has 0 atom stereocenters. The van der Waals surface area contributed by atoms with Crippen LogP contribution in [0.15, 0.2) is 115 Å². The van der Waals surface area contributed by atoms with Crippen LogP contribution in [0.1, 0.15) is 0 Å². The second-order valence-corrected chi connectivity index (χ2v) is 8.94. The molecule has 0 N–H and O–H groups in total. The summed E-state index contributed by atoms with van der Waals surface area (Å²) in [6.07, 6.45) is 1.79. The van der Waals surface area contributed by atoms with Crippen LogP contribution in [0, 0.1) is 24.0 Å². The van der Waals surface area contributed by atoms with E-state index < -0.39 is 0 Å². The van der Waals surface area contributed by atoms with Gasteiger partial charge < -0.3 is 26.0 Å². The Balaban J connectivity index is 0.000000218. The average Bonchev–Trinajstić information content (AvgIpc) is 3.56. The summed E-state index contributed by atoms with van der Waals surface area (Å²) in [5.74, 6) is 1.82. The van der Waals surface area contributed by atoms with Crippen molar-refractivity contribution in [2.75, 3.05) is 0 Å². The summed E-state index contributed by atoms with van der Waals surface area (Å²) in [7, 11) is 4.08. The van der Waals surface area contributed by atoms with Gasteiger partial charge in [-0.3, -0.25) is 9.97 Å². The quantitative estimate of drug-likeness (QED) is 0.182. The Labute approximate surface area is 252 Å².